The van der Waals surface area contributed by atoms with E-state index in [-0.39, 0.29) is 29.4 Å². The van der Waals surface area contributed by atoms with Crippen LogP contribution in [-0.4, -0.2) is 17.4 Å². The molecular weight excluding hydrogens is 376 g/mol. The average molecular weight is 389 g/mol. The van der Waals surface area contributed by atoms with E-state index in [1.807, 2.05) is 25.1 Å². The second-order valence-corrected chi connectivity index (χ2v) is 5.82. The first-order chi connectivity index (χ1) is 11.4. The Morgan fingerprint density at radius 1 is 1.33 bits per heavy atom. The van der Waals surface area contributed by atoms with Gasteiger partial charge in [0.25, 0.3) is 5.69 Å². The molecule has 1 amide bonds. The number of nitriles is 1. The molecule has 0 radical (unpaired) electrons. The third-order valence-corrected chi connectivity index (χ3v) is 4.09. The molecule has 122 valence electrons. The van der Waals surface area contributed by atoms with Crippen molar-refractivity contribution in [1.82, 2.24) is 0 Å². The SMILES string of the molecule is Cc1cc(NC(=O)CNc2ccc(C#N)cc2[N+](=O)[O-])ccc1Br. The maximum atomic E-state index is 12.0. The summed E-state index contributed by atoms with van der Waals surface area (Å²) in [5.74, 6) is -0.338. The van der Waals surface area contributed by atoms with Crippen LogP contribution < -0.4 is 10.6 Å². The fourth-order valence-electron chi connectivity index (χ4n) is 2.00. The van der Waals surface area contributed by atoms with E-state index in [9.17, 15) is 14.9 Å². The van der Waals surface area contributed by atoms with Gasteiger partial charge in [-0.05, 0) is 42.8 Å². The summed E-state index contributed by atoms with van der Waals surface area (Å²) in [6, 6.07) is 11.3. The van der Waals surface area contributed by atoms with E-state index >= 15 is 0 Å². The third-order valence-electron chi connectivity index (χ3n) is 3.20. The Bertz CT molecular complexity index is 846. The molecule has 0 atom stereocenters. The van der Waals surface area contributed by atoms with Crippen LogP contribution in [0.2, 0.25) is 0 Å². The molecule has 0 saturated heterocycles. The fraction of sp³-hybridized carbons (Fsp3) is 0.125. The second kappa shape index (κ2) is 7.57. The second-order valence-electron chi connectivity index (χ2n) is 4.97. The topological polar surface area (TPSA) is 108 Å². The predicted molar refractivity (Wildman–Crippen MR) is 93.8 cm³/mol. The summed E-state index contributed by atoms with van der Waals surface area (Å²) in [5.41, 5.74) is 1.73. The Labute approximate surface area is 146 Å². The van der Waals surface area contributed by atoms with Gasteiger partial charge in [-0.15, -0.1) is 0 Å². The molecule has 7 nitrogen and oxygen atoms in total. The number of nitro groups is 1. The van der Waals surface area contributed by atoms with Gasteiger partial charge in [0.2, 0.25) is 5.91 Å². The molecule has 0 fully saturated rings. The van der Waals surface area contributed by atoms with Crippen LogP contribution in [0.4, 0.5) is 17.1 Å². The number of halogens is 1. The van der Waals surface area contributed by atoms with Gasteiger partial charge in [0.05, 0.1) is 23.1 Å². The van der Waals surface area contributed by atoms with Crippen LogP contribution in [0.3, 0.4) is 0 Å². The average Bonchev–Trinajstić information content (AvgIpc) is 2.56. The van der Waals surface area contributed by atoms with Crippen LogP contribution in [0.25, 0.3) is 0 Å². The maximum Gasteiger partial charge on any atom is 0.293 e. The van der Waals surface area contributed by atoms with Crippen molar-refractivity contribution < 1.29 is 9.72 Å². The van der Waals surface area contributed by atoms with Gasteiger partial charge in [-0.25, -0.2) is 0 Å². The number of amides is 1. The number of nitro benzene ring substituents is 1. The summed E-state index contributed by atoms with van der Waals surface area (Å²) in [6.07, 6.45) is 0. The van der Waals surface area contributed by atoms with Gasteiger partial charge >= 0.3 is 0 Å². The van der Waals surface area contributed by atoms with Crippen LogP contribution in [0.1, 0.15) is 11.1 Å². The van der Waals surface area contributed by atoms with Crippen molar-refractivity contribution in [1.29, 1.82) is 5.26 Å². The Hall–Kier alpha value is -2.92. The molecule has 0 unspecified atom stereocenters. The van der Waals surface area contributed by atoms with E-state index in [4.69, 9.17) is 5.26 Å². The first kappa shape index (κ1) is 17.4. The Balaban J connectivity index is 2.05. The number of nitrogens with one attached hydrogen (secondary N) is 2. The molecular formula is C16H13BrN4O3. The van der Waals surface area contributed by atoms with E-state index in [0.717, 1.165) is 10.0 Å². The monoisotopic (exact) mass is 388 g/mol. The van der Waals surface area contributed by atoms with E-state index in [1.165, 1.54) is 18.2 Å². The van der Waals surface area contributed by atoms with Gasteiger partial charge in [-0.2, -0.15) is 5.26 Å². The summed E-state index contributed by atoms with van der Waals surface area (Å²) in [5, 5.41) is 25.3. The van der Waals surface area contributed by atoms with E-state index in [0.29, 0.717) is 5.69 Å². The molecule has 8 heteroatoms. The molecule has 0 aliphatic carbocycles. The first-order valence-corrected chi connectivity index (χ1v) is 7.68. The highest BCUT2D eigenvalue weighted by Gasteiger charge is 2.15. The van der Waals surface area contributed by atoms with Crippen LogP contribution in [-0.2, 0) is 4.79 Å². The molecule has 0 saturated carbocycles. The first-order valence-electron chi connectivity index (χ1n) is 6.89. The molecule has 24 heavy (non-hydrogen) atoms. The fourth-order valence-corrected chi connectivity index (χ4v) is 2.25. The van der Waals surface area contributed by atoms with E-state index < -0.39 is 4.92 Å². The summed E-state index contributed by atoms with van der Waals surface area (Å²) in [6.45, 7) is 1.76. The van der Waals surface area contributed by atoms with Gasteiger partial charge in [0, 0.05) is 16.2 Å². The standard InChI is InChI=1S/C16H13BrN4O3/c1-10-6-12(3-4-13(10)17)20-16(22)9-19-14-5-2-11(8-18)7-15(14)21(23)24/h2-7,19H,9H2,1H3,(H,20,22). The lowest BCUT2D eigenvalue weighted by Gasteiger charge is -2.09. The molecule has 0 bridgehead atoms. The van der Waals surface area contributed by atoms with Gasteiger partial charge in [-0.1, -0.05) is 15.9 Å². The number of nitrogens with zero attached hydrogens (tertiary/aromatic N) is 2. The van der Waals surface area contributed by atoms with Crippen molar-refractivity contribution in [2.45, 2.75) is 6.92 Å². The molecule has 2 aromatic rings. The van der Waals surface area contributed by atoms with Crippen molar-refractivity contribution in [3.8, 4) is 6.07 Å². The molecule has 0 aliphatic heterocycles. The molecule has 0 aromatic heterocycles. The number of aryl methyl sites for hydroxylation is 1. The molecule has 2 rings (SSSR count). The lowest BCUT2D eigenvalue weighted by molar-refractivity contribution is -0.384. The molecule has 0 heterocycles. The Morgan fingerprint density at radius 3 is 2.71 bits per heavy atom. The third kappa shape index (κ3) is 4.30. The number of anilines is 2. The molecule has 0 aliphatic rings. The van der Waals surface area contributed by atoms with Crippen LogP contribution in [0.5, 0.6) is 0 Å². The lowest BCUT2D eigenvalue weighted by atomic mass is 10.2. The molecule has 0 spiro atoms. The van der Waals surface area contributed by atoms with E-state index in [2.05, 4.69) is 26.6 Å². The highest BCUT2D eigenvalue weighted by atomic mass is 79.9. The minimum atomic E-state index is -0.598. The Kier molecular flexibility index (Phi) is 5.50. The zero-order valence-corrected chi connectivity index (χ0v) is 14.3. The van der Waals surface area contributed by atoms with Crippen molar-refractivity contribution in [3.05, 3.63) is 62.1 Å². The minimum absolute atomic E-state index is 0.137. The lowest BCUT2D eigenvalue weighted by Crippen LogP contribution is -2.22. The highest BCUT2D eigenvalue weighted by Crippen LogP contribution is 2.25. The number of benzene rings is 2. The summed E-state index contributed by atoms with van der Waals surface area (Å²) in [7, 11) is 0. The predicted octanol–water partition coefficient (Wildman–Crippen LogP) is 3.59. The molecule has 2 N–H and O–H groups in total. The largest absolute Gasteiger partial charge is 0.371 e. The van der Waals surface area contributed by atoms with Crippen molar-refractivity contribution in [3.63, 3.8) is 0 Å². The van der Waals surface area contributed by atoms with Crippen molar-refractivity contribution >= 4 is 38.9 Å². The van der Waals surface area contributed by atoms with Gasteiger partial charge in [-0.3, -0.25) is 14.9 Å². The number of carbonyl (C=O) groups excluding carboxylic acids is 1. The van der Waals surface area contributed by atoms with Crippen molar-refractivity contribution in [2.75, 3.05) is 17.2 Å². The molecule has 2 aromatic carbocycles. The number of carbonyl (C=O) groups is 1. The van der Waals surface area contributed by atoms with Gasteiger partial charge < -0.3 is 10.6 Å². The van der Waals surface area contributed by atoms with Gasteiger partial charge in [0.1, 0.15) is 5.69 Å². The summed E-state index contributed by atoms with van der Waals surface area (Å²) < 4.78 is 0.937. The summed E-state index contributed by atoms with van der Waals surface area (Å²) in [4.78, 5) is 22.4. The smallest absolute Gasteiger partial charge is 0.293 e. The Morgan fingerprint density at radius 2 is 2.08 bits per heavy atom. The summed E-state index contributed by atoms with van der Waals surface area (Å²) >= 11 is 3.38. The minimum Gasteiger partial charge on any atom is -0.371 e. The number of rotatable bonds is 5. The van der Waals surface area contributed by atoms with Crippen LogP contribution in [0, 0.1) is 28.4 Å². The van der Waals surface area contributed by atoms with Crippen molar-refractivity contribution in [2.24, 2.45) is 0 Å². The van der Waals surface area contributed by atoms with Crippen LogP contribution >= 0.6 is 15.9 Å². The van der Waals surface area contributed by atoms with Crippen LogP contribution in [0.15, 0.2) is 40.9 Å². The zero-order chi connectivity index (χ0) is 17.7. The van der Waals surface area contributed by atoms with E-state index in [1.54, 1.807) is 6.07 Å². The van der Waals surface area contributed by atoms with Gasteiger partial charge in [0.15, 0.2) is 0 Å². The zero-order valence-electron chi connectivity index (χ0n) is 12.7. The highest BCUT2D eigenvalue weighted by molar-refractivity contribution is 9.10. The normalized spacial score (nSPS) is 9.88. The number of hydrogen-bond acceptors (Lipinski definition) is 5. The number of hydrogen-bond donors (Lipinski definition) is 2. The maximum absolute atomic E-state index is 12.0. The quantitative estimate of drug-likeness (QED) is 0.600.